The lowest BCUT2D eigenvalue weighted by Crippen LogP contribution is -2.02. The number of allylic oxidation sites excluding steroid dienone is 2. The van der Waals surface area contributed by atoms with E-state index in [1.807, 2.05) is 13.0 Å². The summed E-state index contributed by atoms with van der Waals surface area (Å²) in [5.41, 5.74) is 0. The summed E-state index contributed by atoms with van der Waals surface area (Å²) >= 11 is 0. The Bertz CT molecular complexity index is 493. The molecule has 1 aromatic carbocycles. The number of benzene rings is 1. The number of unbranched alkanes of at least 4 members (excludes halogenated alkanes) is 2. The Morgan fingerprint density at radius 1 is 1.04 bits per heavy atom. The zero-order valence-corrected chi connectivity index (χ0v) is 14.8. The van der Waals surface area contributed by atoms with Gasteiger partial charge in [-0.05, 0) is 31.6 Å². The van der Waals surface area contributed by atoms with Crippen LogP contribution >= 0.6 is 7.82 Å². The van der Waals surface area contributed by atoms with E-state index in [0.717, 1.165) is 25.7 Å². The van der Waals surface area contributed by atoms with Crippen LogP contribution < -0.4 is 4.89 Å². The van der Waals surface area contributed by atoms with Gasteiger partial charge >= 0.3 is 7.82 Å². The Kier molecular flexibility index (Phi) is 13.9. The van der Waals surface area contributed by atoms with Crippen LogP contribution in [0.2, 0.25) is 0 Å². The van der Waals surface area contributed by atoms with Crippen molar-refractivity contribution >= 4 is 7.82 Å². The third-order valence-electron chi connectivity index (χ3n) is 2.45. The molecule has 0 aromatic heterocycles. The second kappa shape index (κ2) is 14.8. The minimum atomic E-state index is -4.64. The number of phosphoric acid groups is 1. The van der Waals surface area contributed by atoms with Crippen LogP contribution in [-0.2, 0) is 29.6 Å². The fraction of sp³-hybridized carbons (Fsp3) is 0.429. The number of rotatable bonds is 11. The second-order valence-electron chi connectivity index (χ2n) is 4.48. The Labute approximate surface area is 145 Å². The van der Waals surface area contributed by atoms with Gasteiger partial charge in [-0.2, -0.15) is 0 Å². The molecule has 0 aliphatic rings. The largest absolute Gasteiger partial charge is 0.466 e. The predicted molar refractivity (Wildman–Crippen MR) is 84.7 cm³/mol. The van der Waals surface area contributed by atoms with Crippen molar-refractivity contribution in [1.82, 2.24) is 0 Å². The van der Waals surface area contributed by atoms with Gasteiger partial charge in [-0.25, -0.2) is 4.57 Å². The third-order valence-corrected chi connectivity index (χ3v) is 2.45. The molecular weight excluding hydrogens is 359 g/mol. The summed E-state index contributed by atoms with van der Waals surface area (Å²) in [6.07, 6.45) is 5.86. The first kappa shape index (κ1) is 23.5. The molecule has 0 spiro atoms. The van der Waals surface area contributed by atoms with Crippen molar-refractivity contribution < 1.29 is 49.2 Å². The first-order valence-corrected chi connectivity index (χ1v) is 8.93. The smallest absolute Gasteiger partial charge is 0.311 e. The molecule has 10 nitrogen and oxygen atoms in total. The first-order chi connectivity index (χ1) is 11.9. The Morgan fingerprint density at radius 3 is 2.20 bits per heavy atom. The van der Waals surface area contributed by atoms with Crippen LogP contribution in [0.15, 0.2) is 42.2 Å². The molecule has 11 heteroatoms. The number of hydrogen-bond donors (Lipinski definition) is 3. The van der Waals surface area contributed by atoms with Crippen LogP contribution in [0.5, 0.6) is 5.75 Å². The molecule has 144 valence electrons. The normalized spacial score (nSPS) is 11.5. The van der Waals surface area contributed by atoms with E-state index < -0.39 is 7.82 Å². The van der Waals surface area contributed by atoms with E-state index in [9.17, 15) is 0 Å². The summed E-state index contributed by atoms with van der Waals surface area (Å²) in [6, 6.07) is 8.79. The maximum Gasteiger partial charge on any atom is 0.466 e. The summed E-state index contributed by atoms with van der Waals surface area (Å²) in [4.78, 5) is 31.2. The summed E-state index contributed by atoms with van der Waals surface area (Å²) in [5, 5.41) is 17.0. The van der Waals surface area contributed by atoms with Gasteiger partial charge in [0.1, 0.15) is 5.76 Å². The molecule has 0 atom stereocenters. The van der Waals surface area contributed by atoms with Crippen LogP contribution in [0.4, 0.5) is 0 Å². The predicted octanol–water partition coefficient (Wildman–Crippen LogP) is 3.28. The fourth-order valence-electron chi connectivity index (χ4n) is 1.39. The van der Waals surface area contributed by atoms with E-state index in [4.69, 9.17) is 29.0 Å². The quantitative estimate of drug-likeness (QED) is 0.172. The van der Waals surface area contributed by atoms with Crippen LogP contribution in [-0.4, -0.2) is 14.7 Å². The lowest BCUT2D eigenvalue weighted by Gasteiger charge is -2.05. The highest BCUT2D eigenvalue weighted by molar-refractivity contribution is 7.45. The molecule has 0 heterocycles. The van der Waals surface area contributed by atoms with Crippen molar-refractivity contribution in [2.24, 2.45) is 0 Å². The van der Waals surface area contributed by atoms with Gasteiger partial charge in [0, 0.05) is 26.6 Å². The van der Waals surface area contributed by atoms with Crippen molar-refractivity contribution in [3.8, 4) is 5.75 Å². The Hall–Kier alpha value is -1.49. The molecule has 0 fully saturated rings. The Balaban J connectivity index is 0.00000101. The monoisotopic (exact) mass is 382 g/mol. The zero-order chi connectivity index (χ0) is 19.0. The lowest BCUT2D eigenvalue weighted by molar-refractivity contribution is -0.741. The van der Waals surface area contributed by atoms with Crippen molar-refractivity contribution in [2.75, 3.05) is 0 Å². The molecule has 0 bridgehead atoms. The molecule has 1 rings (SSSR count). The van der Waals surface area contributed by atoms with Gasteiger partial charge in [0.2, 0.25) is 0 Å². The number of hydrogen-bond acceptors (Lipinski definition) is 7. The van der Waals surface area contributed by atoms with Gasteiger partial charge in [-0.15, -0.1) is 0 Å². The standard InChI is InChI=1S/C14H20O6.H3O4P/c1-3-5-7-10-13(4-2)15-17-19-20-18-16-14-11-8-6-9-12-14;1-5(2,3)4/h4,6,8-9,11-12H,3,5,7,10H2,1-2H3;(H3,1,2,3,4). The molecule has 0 unspecified atom stereocenters. The van der Waals surface area contributed by atoms with Gasteiger partial charge in [0.15, 0.2) is 5.75 Å². The van der Waals surface area contributed by atoms with Gasteiger partial charge in [0.05, 0.1) is 0 Å². The van der Waals surface area contributed by atoms with E-state index in [2.05, 4.69) is 27.1 Å². The van der Waals surface area contributed by atoms with Gasteiger partial charge in [-0.1, -0.05) is 38.0 Å². The fourth-order valence-corrected chi connectivity index (χ4v) is 1.39. The highest BCUT2D eigenvalue weighted by atomic mass is 31.2. The van der Waals surface area contributed by atoms with E-state index in [1.165, 1.54) is 0 Å². The summed E-state index contributed by atoms with van der Waals surface area (Å²) < 4.78 is 8.88. The van der Waals surface area contributed by atoms with E-state index in [0.29, 0.717) is 11.5 Å². The molecule has 0 amide bonds. The van der Waals surface area contributed by atoms with Crippen LogP contribution in [0.25, 0.3) is 0 Å². The second-order valence-corrected chi connectivity index (χ2v) is 5.50. The highest BCUT2D eigenvalue weighted by Gasteiger charge is 2.01. The summed E-state index contributed by atoms with van der Waals surface area (Å²) in [6.45, 7) is 3.98. The molecular formula is C14H23O10P. The molecule has 25 heavy (non-hydrogen) atoms. The maximum absolute atomic E-state index is 8.88. The van der Waals surface area contributed by atoms with Crippen molar-refractivity contribution in [1.29, 1.82) is 0 Å². The van der Waals surface area contributed by atoms with Crippen LogP contribution in [0.3, 0.4) is 0 Å². The SMILES string of the molecule is CC=C(CCCCC)OOOOOOc1ccccc1.O=P(O)(O)O. The van der Waals surface area contributed by atoms with E-state index in [1.54, 1.807) is 30.3 Å². The van der Waals surface area contributed by atoms with Gasteiger partial charge in [0.25, 0.3) is 0 Å². The van der Waals surface area contributed by atoms with Gasteiger partial charge < -0.3 is 24.5 Å². The topological polar surface area (TPSA) is 133 Å². The van der Waals surface area contributed by atoms with Crippen molar-refractivity contribution in [3.63, 3.8) is 0 Å². The van der Waals surface area contributed by atoms with Crippen LogP contribution in [0.1, 0.15) is 39.5 Å². The number of para-hydroxylation sites is 1. The highest BCUT2D eigenvalue weighted by Crippen LogP contribution is 2.25. The molecule has 0 saturated carbocycles. The average molecular weight is 382 g/mol. The lowest BCUT2D eigenvalue weighted by atomic mass is 10.2. The van der Waals surface area contributed by atoms with Gasteiger partial charge in [-0.3, -0.25) is 0 Å². The minimum Gasteiger partial charge on any atom is -0.311 e. The summed E-state index contributed by atoms with van der Waals surface area (Å²) in [7, 11) is -4.64. The molecule has 3 N–H and O–H groups in total. The first-order valence-electron chi connectivity index (χ1n) is 7.36. The Morgan fingerprint density at radius 2 is 1.64 bits per heavy atom. The maximum atomic E-state index is 8.88. The van der Waals surface area contributed by atoms with Crippen molar-refractivity contribution in [3.05, 3.63) is 42.2 Å². The molecule has 0 radical (unpaired) electrons. The van der Waals surface area contributed by atoms with E-state index >= 15 is 0 Å². The van der Waals surface area contributed by atoms with E-state index in [-0.39, 0.29) is 0 Å². The minimum absolute atomic E-state index is 0.464. The molecule has 0 aliphatic heterocycles. The molecule has 1 aromatic rings. The molecule has 0 saturated heterocycles. The zero-order valence-electron chi connectivity index (χ0n) is 13.9. The van der Waals surface area contributed by atoms with Crippen molar-refractivity contribution in [2.45, 2.75) is 39.5 Å². The molecule has 0 aliphatic carbocycles. The van der Waals surface area contributed by atoms with Crippen LogP contribution in [0, 0.1) is 0 Å². The summed E-state index contributed by atoms with van der Waals surface area (Å²) in [5.74, 6) is 1.12. The average Bonchev–Trinajstić information content (AvgIpc) is 2.56. The third kappa shape index (κ3) is 18.7.